The third-order valence-electron chi connectivity index (χ3n) is 1.63. The van der Waals surface area contributed by atoms with Crippen molar-refractivity contribution in [3.63, 3.8) is 0 Å². The molecule has 1 radical (unpaired) electrons. The molecule has 1 rings (SSSR count). The van der Waals surface area contributed by atoms with Crippen molar-refractivity contribution in [3.8, 4) is 0 Å². The van der Waals surface area contributed by atoms with E-state index in [9.17, 15) is 9.90 Å². The monoisotopic (exact) mass is 164 g/mol. The Labute approximate surface area is 71.0 Å². The lowest BCUT2D eigenvalue weighted by atomic mass is 10.1. The van der Waals surface area contributed by atoms with E-state index in [2.05, 4.69) is 5.32 Å². The molecular formula is C9H10NO2. The van der Waals surface area contributed by atoms with E-state index in [0.29, 0.717) is 0 Å². The molecule has 1 atom stereocenters. The number of nitrogens with one attached hydrogen (secondary N) is 1. The highest BCUT2D eigenvalue weighted by Gasteiger charge is 2.07. The summed E-state index contributed by atoms with van der Waals surface area (Å²) in [6.45, 7) is 1.77. The summed E-state index contributed by atoms with van der Waals surface area (Å²) in [7, 11) is 0. The summed E-state index contributed by atoms with van der Waals surface area (Å²) in [6.07, 6.45) is -1.24. The maximum atomic E-state index is 10.2. The molecule has 0 aromatic heterocycles. The molecule has 0 heterocycles. The smallest absolute Gasteiger partial charge is 0.312 e. The van der Waals surface area contributed by atoms with Crippen molar-refractivity contribution in [2.75, 3.05) is 0 Å². The molecule has 1 amide bonds. The number of hydrogen-bond acceptors (Lipinski definition) is 1. The SMILES string of the molecule is CC(NC([O])=O)c1ccccc1. The van der Waals surface area contributed by atoms with E-state index in [-0.39, 0.29) is 6.04 Å². The zero-order chi connectivity index (χ0) is 8.97. The Morgan fingerprint density at radius 2 is 1.92 bits per heavy atom. The molecule has 0 aliphatic rings. The summed E-state index contributed by atoms with van der Waals surface area (Å²) in [6, 6.07) is 9.12. The van der Waals surface area contributed by atoms with Crippen LogP contribution in [0.2, 0.25) is 0 Å². The molecule has 0 aliphatic heterocycles. The van der Waals surface area contributed by atoms with Crippen LogP contribution in [0.4, 0.5) is 4.79 Å². The Morgan fingerprint density at radius 1 is 1.33 bits per heavy atom. The maximum absolute atomic E-state index is 10.2. The number of rotatable bonds is 2. The lowest BCUT2D eigenvalue weighted by Gasteiger charge is -2.09. The average molecular weight is 164 g/mol. The van der Waals surface area contributed by atoms with E-state index in [1.807, 2.05) is 30.3 Å². The van der Waals surface area contributed by atoms with Crippen LogP contribution in [0.5, 0.6) is 0 Å². The van der Waals surface area contributed by atoms with Gasteiger partial charge in [-0.15, -0.1) is 0 Å². The lowest BCUT2D eigenvalue weighted by Crippen LogP contribution is -2.23. The van der Waals surface area contributed by atoms with Gasteiger partial charge in [0.15, 0.2) is 0 Å². The van der Waals surface area contributed by atoms with Gasteiger partial charge in [-0.05, 0) is 12.5 Å². The molecule has 1 aromatic rings. The summed E-state index contributed by atoms with van der Waals surface area (Å²) in [5, 5.41) is 12.4. The summed E-state index contributed by atoms with van der Waals surface area (Å²) in [5.41, 5.74) is 0.932. The molecule has 0 aliphatic carbocycles. The fourth-order valence-corrected chi connectivity index (χ4v) is 1.00. The zero-order valence-electron chi connectivity index (χ0n) is 6.78. The van der Waals surface area contributed by atoms with Crippen molar-refractivity contribution in [2.45, 2.75) is 13.0 Å². The molecule has 1 aromatic carbocycles. The van der Waals surface area contributed by atoms with Crippen LogP contribution in [0.1, 0.15) is 18.5 Å². The molecule has 3 heteroatoms. The van der Waals surface area contributed by atoms with Gasteiger partial charge in [-0.2, -0.15) is 0 Å². The first-order chi connectivity index (χ1) is 5.70. The second kappa shape index (κ2) is 3.76. The quantitative estimate of drug-likeness (QED) is 0.712. The van der Waals surface area contributed by atoms with Crippen LogP contribution < -0.4 is 5.32 Å². The number of amides is 1. The van der Waals surface area contributed by atoms with Gasteiger partial charge in [0.1, 0.15) is 0 Å². The van der Waals surface area contributed by atoms with E-state index in [1.54, 1.807) is 6.92 Å². The number of carbonyl (C=O) groups is 1. The molecule has 63 valence electrons. The van der Waals surface area contributed by atoms with Crippen LogP contribution in [0, 0.1) is 0 Å². The van der Waals surface area contributed by atoms with Crippen LogP contribution in [0.25, 0.3) is 0 Å². The minimum atomic E-state index is -1.24. The van der Waals surface area contributed by atoms with E-state index in [0.717, 1.165) is 5.56 Å². The number of benzene rings is 1. The highest BCUT2D eigenvalue weighted by Crippen LogP contribution is 2.10. The van der Waals surface area contributed by atoms with Crippen LogP contribution >= 0.6 is 0 Å². The first-order valence-electron chi connectivity index (χ1n) is 3.72. The standard InChI is InChI=1S/C9H10NO2/c1-7(10-9(11)12)8-5-3-2-4-6-8/h2-7,10H,1H3. The summed E-state index contributed by atoms with van der Waals surface area (Å²) in [4.78, 5) is 10.2. The van der Waals surface area contributed by atoms with Gasteiger partial charge in [-0.25, -0.2) is 9.90 Å². The minimum Gasteiger partial charge on any atom is -0.312 e. The first kappa shape index (κ1) is 8.59. The Kier molecular flexibility index (Phi) is 2.69. The third-order valence-corrected chi connectivity index (χ3v) is 1.63. The Morgan fingerprint density at radius 3 is 2.42 bits per heavy atom. The fourth-order valence-electron chi connectivity index (χ4n) is 1.00. The molecule has 0 bridgehead atoms. The predicted octanol–water partition coefficient (Wildman–Crippen LogP) is 1.89. The topological polar surface area (TPSA) is 49.0 Å². The van der Waals surface area contributed by atoms with Crippen molar-refractivity contribution in [1.82, 2.24) is 5.32 Å². The molecule has 12 heavy (non-hydrogen) atoms. The van der Waals surface area contributed by atoms with Gasteiger partial charge in [0.25, 0.3) is 0 Å². The summed E-state index contributed by atoms with van der Waals surface area (Å²) >= 11 is 0. The van der Waals surface area contributed by atoms with E-state index < -0.39 is 6.09 Å². The van der Waals surface area contributed by atoms with Crippen LogP contribution in [0.3, 0.4) is 0 Å². The highest BCUT2D eigenvalue weighted by atomic mass is 16.4. The molecule has 0 saturated heterocycles. The molecule has 3 nitrogen and oxygen atoms in total. The van der Waals surface area contributed by atoms with Crippen molar-refractivity contribution < 1.29 is 9.90 Å². The van der Waals surface area contributed by atoms with Gasteiger partial charge >= 0.3 is 6.09 Å². The van der Waals surface area contributed by atoms with Crippen molar-refractivity contribution >= 4 is 6.09 Å². The van der Waals surface area contributed by atoms with Crippen LogP contribution in [-0.4, -0.2) is 6.09 Å². The highest BCUT2D eigenvalue weighted by molar-refractivity contribution is 5.64. The molecular weight excluding hydrogens is 154 g/mol. The van der Waals surface area contributed by atoms with Gasteiger partial charge in [-0.1, -0.05) is 30.3 Å². The summed E-state index contributed by atoms with van der Waals surface area (Å²) in [5.74, 6) is 0. The minimum absolute atomic E-state index is 0.212. The van der Waals surface area contributed by atoms with Gasteiger partial charge in [0.2, 0.25) is 0 Å². The van der Waals surface area contributed by atoms with Crippen LogP contribution in [0.15, 0.2) is 30.3 Å². The molecule has 1 N–H and O–H groups in total. The van der Waals surface area contributed by atoms with Crippen molar-refractivity contribution in [1.29, 1.82) is 0 Å². The van der Waals surface area contributed by atoms with E-state index in [4.69, 9.17) is 0 Å². The Hall–Kier alpha value is -1.51. The van der Waals surface area contributed by atoms with Gasteiger partial charge in [0.05, 0.1) is 6.04 Å². The average Bonchev–Trinajstić information content (AvgIpc) is 2.05. The number of hydrogen-bond donors (Lipinski definition) is 1. The van der Waals surface area contributed by atoms with Gasteiger partial charge < -0.3 is 5.32 Å². The molecule has 1 unspecified atom stereocenters. The Bertz CT molecular complexity index is 258. The van der Waals surface area contributed by atoms with Crippen LogP contribution in [-0.2, 0) is 5.11 Å². The third kappa shape index (κ3) is 2.27. The number of carbonyl (C=O) groups excluding carboxylic acids is 1. The second-order valence-electron chi connectivity index (χ2n) is 2.56. The zero-order valence-corrected chi connectivity index (χ0v) is 6.78. The molecule has 0 saturated carbocycles. The summed E-state index contributed by atoms with van der Waals surface area (Å²) < 4.78 is 0. The normalized spacial score (nSPS) is 12.1. The largest absolute Gasteiger partial charge is 0.451 e. The fraction of sp³-hybridized carbons (Fsp3) is 0.222. The van der Waals surface area contributed by atoms with Crippen molar-refractivity contribution in [3.05, 3.63) is 35.9 Å². The lowest BCUT2D eigenvalue weighted by molar-refractivity contribution is 0.165. The predicted molar refractivity (Wildman–Crippen MR) is 44.1 cm³/mol. The maximum Gasteiger partial charge on any atom is 0.451 e. The van der Waals surface area contributed by atoms with Gasteiger partial charge in [-0.3, -0.25) is 0 Å². The van der Waals surface area contributed by atoms with Crippen molar-refractivity contribution in [2.24, 2.45) is 0 Å². The second-order valence-corrected chi connectivity index (χ2v) is 2.56. The molecule has 0 fully saturated rings. The van der Waals surface area contributed by atoms with E-state index >= 15 is 0 Å². The first-order valence-corrected chi connectivity index (χ1v) is 3.72. The Balaban J connectivity index is 2.65. The van der Waals surface area contributed by atoms with Gasteiger partial charge in [0, 0.05) is 0 Å². The van der Waals surface area contributed by atoms with E-state index in [1.165, 1.54) is 0 Å². The molecule has 0 spiro atoms.